The first kappa shape index (κ1) is 24.5. The van der Waals surface area contributed by atoms with E-state index in [1.54, 1.807) is 0 Å². The second-order valence-corrected chi connectivity index (χ2v) is 5.87. The maximum absolute atomic E-state index is 2.46. The molecule has 2 aliphatic heterocycles. The van der Waals surface area contributed by atoms with Crippen molar-refractivity contribution >= 4 is 17.1 Å². The van der Waals surface area contributed by atoms with Crippen molar-refractivity contribution in [2.45, 2.75) is 68.2 Å². The van der Waals surface area contributed by atoms with Crippen LogP contribution >= 0.6 is 0 Å². The summed E-state index contributed by atoms with van der Waals surface area (Å²) in [5, 5.41) is 0. The number of rotatable bonds is 0. The lowest BCUT2D eigenvalue weighted by atomic mass is 9.87. The first-order valence-electron chi connectivity index (χ1n) is 11.5. The van der Waals surface area contributed by atoms with E-state index < -0.39 is 0 Å². The SMILES string of the molecule is CC.CC.CC.CC.c1ccc2c(c1)Cc1cccc3c1N2c1ccccc1C3. The number of fused-ring (bicyclic) bond motifs is 4. The summed E-state index contributed by atoms with van der Waals surface area (Å²) in [7, 11) is 0. The normalized spacial score (nSPS) is 11.1. The summed E-state index contributed by atoms with van der Waals surface area (Å²) in [6.45, 7) is 16.0. The fourth-order valence-corrected chi connectivity index (χ4v) is 3.75. The highest BCUT2D eigenvalue weighted by atomic mass is 15.2. The van der Waals surface area contributed by atoms with Gasteiger partial charge in [0, 0.05) is 24.2 Å². The molecule has 5 rings (SSSR count). The first-order chi connectivity index (χ1) is 14.4. The summed E-state index contributed by atoms with van der Waals surface area (Å²) >= 11 is 0. The Kier molecular flexibility index (Phi) is 10.8. The van der Waals surface area contributed by atoms with Crippen LogP contribution in [0.3, 0.4) is 0 Å². The number of benzene rings is 3. The molecule has 0 spiro atoms. The molecule has 1 heteroatoms. The Hall–Kier alpha value is -2.54. The van der Waals surface area contributed by atoms with Crippen molar-refractivity contribution in [3.63, 3.8) is 0 Å². The summed E-state index contributed by atoms with van der Waals surface area (Å²) in [6, 6.07) is 24.3. The fourth-order valence-electron chi connectivity index (χ4n) is 3.75. The minimum atomic E-state index is 1.04. The number of para-hydroxylation sites is 3. The maximum atomic E-state index is 2.46. The molecule has 0 aliphatic carbocycles. The zero-order valence-corrected chi connectivity index (χ0v) is 19.7. The molecule has 3 aromatic carbocycles. The van der Waals surface area contributed by atoms with E-state index in [1.165, 1.54) is 39.3 Å². The summed E-state index contributed by atoms with van der Waals surface area (Å²) in [5.74, 6) is 0. The zero-order valence-electron chi connectivity index (χ0n) is 19.7. The van der Waals surface area contributed by atoms with Crippen molar-refractivity contribution in [1.29, 1.82) is 0 Å². The molecule has 3 aromatic rings. The maximum Gasteiger partial charge on any atom is 0.0532 e. The molecule has 0 aromatic heterocycles. The summed E-state index contributed by atoms with van der Waals surface area (Å²) in [6.07, 6.45) is 2.08. The lowest BCUT2D eigenvalue weighted by Gasteiger charge is -2.39. The van der Waals surface area contributed by atoms with E-state index >= 15 is 0 Å². The van der Waals surface area contributed by atoms with Crippen LogP contribution in [0, 0.1) is 0 Å². The van der Waals surface area contributed by atoms with Crippen LogP contribution in [0.4, 0.5) is 17.1 Å². The van der Waals surface area contributed by atoms with Gasteiger partial charge in [0.25, 0.3) is 0 Å². The van der Waals surface area contributed by atoms with E-state index in [9.17, 15) is 0 Å². The van der Waals surface area contributed by atoms with Crippen LogP contribution in [-0.2, 0) is 12.8 Å². The van der Waals surface area contributed by atoms with Crippen LogP contribution in [-0.4, -0.2) is 0 Å². The van der Waals surface area contributed by atoms with Gasteiger partial charge in [-0.05, 0) is 34.4 Å². The van der Waals surface area contributed by atoms with Gasteiger partial charge in [0.1, 0.15) is 0 Å². The minimum Gasteiger partial charge on any atom is -0.309 e. The smallest absolute Gasteiger partial charge is 0.0532 e. The average molecular weight is 390 g/mol. The highest BCUT2D eigenvalue weighted by molar-refractivity contribution is 5.88. The van der Waals surface area contributed by atoms with Gasteiger partial charge in [-0.15, -0.1) is 0 Å². The predicted octanol–water partition coefficient (Wildman–Crippen LogP) is 9.07. The lowest BCUT2D eigenvalue weighted by molar-refractivity contribution is 1.01. The molecule has 0 N–H and O–H groups in total. The van der Waals surface area contributed by atoms with E-state index in [4.69, 9.17) is 0 Å². The summed E-state index contributed by atoms with van der Waals surface area (Å²) < 4.78 is 0. The number of hydrogen-bond acceptors (Lipinski definition) is 1. The number of anilines is 3. The second-order valence-electron chi connectivity index (χ2n) is 5.87. The molecule has 29 heavy (non-hydrogen) atoms. The Morgan fingerprint density at radius 3 is 1.21 bits per heavy atom. The van der Waals surface area contributed by atoms with Gasteiger partial charge in [-0.3, -0.25) is 0 Å². The molecule has 0 amide bonds. The van der Waals surface area contributed by atoms with Crippen LogP contribution in [0.5, 0.6) is 0 Å². The van der Waals surface area contributed by atoms with Gasteiger partial charge < -0.3 is 4.90 Å². The van der Waals surface area contributed by atoms with Gasteiger partial charge in [0.2, 0.25) is 0 Å². The second kappa shape index (κ2) is 12.8. The first-order valence-corrected chi connectivity index (χ1v) is 11.5. The quantitative estimate of drug-likeness (QED) is 0.255. The third kappa shape index (κ3) is 4.90. The average Bonchev–Trinajstić information content (AvgIpc) is 2.84. The minimum absolute atomic E-state index is 1.04. The number of hydrogen-bond donors (Lipinski definition) is 0. The molecule has 0 fully saturated rings. The number of nitrogens with zero attached hydrogens (tertiary/aromatic N) is 1. The van der Waals surface area contributed by atoms with Crippen molar-refractivity contribution in [3.05, 3.63) is 89.0 Å². The summed E-state index contributed by atoms with van der Waals surface area (Å²) in [4.78, 5) is 2.46. The fraction of sp³-hybridized carbons (Fsp3) is 0.357. The zero-order chi connectivity index (χ0) is 21.8. The molecule has 1 nitrogen and oxygen atoms in total. The third-order valence-electron chi connectivity index (χ3n) is 4.65. The third-order valence-corrected chi connectivity index (χ3v) is 4.65. The standard InChI is InChI=1S/C20H15N.4C2H6/c1-3-10-18-14(6-1)12-16-8-5-9-17-13-15-7-2-4-11-19(15)21(18)20(16)17;4*1-2/h1-11H,12-13H2;4*1-2H3. The van der Waals surface area contributed by atoms with Crippen LogP contribution in [0.1, 0.15) is 77.6 Å². The van der Waals surface area contributed by atoms with Gasteiger partial charge >= 0.3 is 0 Å². The lowest BCUT2D eigenvalue weighted by Crippen LogP contribution is -2.24. The molecule has 2 heterocycles. The molecular weight excluding hydrogens is 350 g/mol. The van der Waals surface area contributed by atoms with Crippen molar-refractivity contribution in [2.24, 2.45) is 0 Å². The molecule has 2 aliphatic rings. The van der Waals surface area contributed by atoms with Gasteiger partial charge in [-0.1, -0.05) is 110 Å². The van der Waals surface area contributed by atoms with E-state index in [-0.39, 0.29) is 0 Å². The van der Waals surface area contributed by atoms with Crippen LogP contribution in [0.15, 0.2) is 66.7 Å². The Labute approximate surface area is 179 Å². The van der Waals surface area contributed by atoms with E-state index in [1.807, 2.05) is 55.4 Å². The highest BCUT2D eigenvalue weighted by Crippen LogP contribution is 2.49. The molecule has 0 bridgehead atoms. The van der Waals surface area contributed by atoms with E-state index in [0.29, 0.717) is 0 Å². The van der Waals surface area contributed by atoms with Gasteiger partial charge in [0.15, 0.2) is 0 Å². The van der Waals surface area contributed by atoms with Gasteiger partial charge in [-0.25, -0.2) is 0 Å². The van der Waals surface area contributed by atoms with E-state index in [0.717, 1.165) is 12.8 Å². The Morgan fingerprint density at radius 2 is 0.793 bits per heavy atom. The topological polar surface area (TPSA) is 3.24 Å². The molecule has 0 saturated heterocycles. The Morgan fingerprint density at radius 1 is 0.448 bits per heavy atom. The molecule has 0 saturated carbocycles. The largest absolute Gasteiger partial charge is 0.309 e. The van der Waals surface area contributed by atoms with Crippen molar-refractivity contribution in [1.82, 2.24) is 0 Å². The predicted molar refractivity (Wildman–Crippen MR) is 132 cm³/mol. The van der Waals surface area contributed by atoms with Crippen molar-refractivity contribution < 1.29 is 0 Å². The Bertz CT molecular complexity index is 796. The van der Waals surface area contributed by atoms with Crippen molar-refractivity contribution in [2.75, 3.05) is 4.90 Å². The molecule has 0 radical (unpaired) electrons. The molecule has 0 unspecified atom stereocenters. The monoisotopic (exact) mass is 389 g/mol. The molecule has 0 atom stereocenters. The van der Waals surface area contributed by atoms with Crippen LogP contribution < -0.4 is 4.90 Å². The molecular formula is C28H39N. The van der Waals surface area contributed by atoms with Gasteiger partial charge in [0.05, 0.1) is 5.69 Å². The Balaban J connectivity index is 0.000000475. The van der Waals surface area contributed by atoms with Gasteiger partial charge in [-0.2, -0.15) is 0 Å². The highest BCUT2D eigenvalue weighted by Gasteiger charge is 2.30. The van der Waals surface area contributed by atoms with E-state index in [2.05, 4.69) is 71.6 Å². The van der Waals surface area contributed by atoms with Crippen LogP contribution in [0.2, 0.25) is 0 Å². The van der Waals surface area contributed by atoms with Crippen LogP contribution in [0.25, 0.3) is 0 Å². The molecule has 156 valence electrons. The summed E-state index contributed by atoms with van der Waals surface area (Å²) in [5.41, 5.74) is 9.81. The van der Waals surface area contributed by atoms with Crippen molar-refractivity contribution in [3.8, 4) is 0 Å².